The molecule has 4 rings (SSSR count). The Morgan fingerprint density at radius 1 is 1.48 bits per heavy atom. The molecule has 1 aliphatic rings. The molecule has 0 aromatic carbocycles. The molecule has 1 N–H and O–H groups in total. The minimum atomic E-state index is -0.0971. The quantitative estimate of drug-likeness (QED) is 0.782. The number of aromatic nitrogens is 4. The Labute approximate surface area is 138 Å². The van der Waals surface area contributed by atoms with Gasteiger partial charge in [-0.1, -0.05) is 6.42 Å². The predicted octanol–water partition coefficient (Wildman–Crippen LogP) is 2.63. The number of carbonyl (C=O) groups excluding carboxylic acids is 1. The van der Waals surface area contributed by atoms with Crippen molar-refractivity contribution in [3.8, 4) is 0 Å². The first-order valence-electron chi connectivity index (χ1n) is 7.92. The fourth-order valence-electron chi connectivity index (χ4n) is 2.97. The summed E-state index contributed by atoms with van der Waals surface area (Å²) in [6, 6.07) is 0. The standard InChI is InChI=1S/C16H19N5OS/c1-11-14(21-5-6-23-16(21)19-11)15(22)17-7-13-8-18-20(10-13)9-12-3-2-4-12/h5-6,8,10,12H,2-4,7,9H2,1H3,(H,17,22). The van der Waals surface area contributed by atoms with Crippen LogP contribution >= 0.6 is 11.3 Å². The molecule has 0 unspecified atom stereocenters. The number of aryl methyl sites for hydroxylation is 1. The number of rotatable bonds is 5. The van der Waals surface area contributed by atoms with E-state index >= 15 is 0 Å². The molecule has 0 radical (unpaired) electrons. The number of thiazole rings is 1. The zero-order valence-electron chi connectivity index (χ0n) is 13.0. The first-order chi connectivity index (χ1) is 11.2. The lowest BCUT2D eigenvalue weighted by Gasteiger charge is -2.24. The first kappa shape index (κ1) is 14.4. The molecule has 0 atom stereocenters. The van der Waals surface area contributed by atoms with Crippen LogP contribution in [0.4, 0.5) is 0 Å². The maximum Gasteiger partial charge on any atom is 0.270 e. The fraction of sp³-hybridized carbons (Fsp3) is 0.438. The topological polar surface area (TPSA) is 64.2 Å². The van der Waals surface area contributed by atoms with Gasteiger partial charge in [-0.05, 0) is 25.7 Å². The Kier molecular flexibility index (Phi) is 3.65. The molecular weight excluding hydrogens is 310 g/mol. The number of nitrogens with zero attached hydrogens (tertiary/aromatic N) is 4. The summed E-state index contributed by atoms with van der Waals surface area (Å²) in [5.41, 5.74) is 2.40. The largest absolute Gasteiger partial charge is 0.346 e. The van der Waals surface area contributed by atoms with Gasteiger partial charge < -0.3 is 5.32 Å². The van der Waals surface area contributed by atoms with Crippen LogP contribution in [0.25, 0.3) is 4.96 Å². The van der Waals surface area contributed by atoms with Crippen molar-refractivity contribution in [2.24, 2.45) is 5.92 Å². The lowest BCUT2D eigenvalue weighted by Crippen LogP contribution is -2.24. The molecule has 0 bridgehead atoms. The molecule has 1 amide bonds. The van der Waals surface area contributed by atoms with Crippen molar-refractivity contribution in [2.45, 2.75) is 39.3 Å². The second-order valence-electron chi connectivity index (χ2n) is 6.15. The molecule has 1 saturated carbocycles. The van der Waals surface area contributed by atoms with Crippen LogP contribution < -0.4 is 5.32 Å². The summed E-state index contributed by atoms with van der Waals surface area (Å²) in [7, 11) is 0. The van der Waals surface area contributed by atoms with E-state index in [4.69, 9.17) is 0 Å². The third-order valence-corrected chi connectivity index (χ3v) is 5.22. The summed E-state index contributed by atoms with van der Waals surface area (Å²) in [5, 5.41) is 9.29. The Morgan fingerprint density at radius 3 is 3.13 bits per heavy atom. The summed E-state index contributed by atoms with van der Waals surface area (Å²) in [6.07, 6.45) is 9.71. The van der Waals surface area contributed by atoms with Crippen molar-refractivity contribution in [1.29, 1.82) is 0 Å². The number of carbonyl (C=O) groups is 1. The van der Waals surface area contributed by atoms with Gasteiger partial charge >= 0.3 is 0 Å². The van der Waals surface area contributed by atoms with Crippen LogP contribution in [-0.2, 0) is 13.1 Å². The van der Waals surface area contributed by atoms with Crippen molar-refractivity contribution in [1.82, 2.24) is 24.5 Å². The molecule has 0 aliphatic heterocycles. The van der Waals surface area contributed by atoms with Crippen LogP contribution in [0.2, 0.25) is 0 Å². The van der Waals surface area contributed by atoms with Gasteiger partial charge in [-0.3, -0.25) is 13.9 Å². The normalized spacial score (nSPS) is 15.0. The Balaban J connectivity index is 1.41. The van der Waals surface area contributed by atoms with E-state index in [1.807, 2.05) is 40.0 Å². The molecule has 3 heterocycles. The van der Waals surface area contributed by atoms with Crippen LogP contribution in [0.15, 0.2) is 24.0 Å². The third kappa shape index (κ3) is 2.76. The minimum Gasteiger partial charge on any atom is -0.346 e. The Bertz CT molecular complexity index is 842. The zero-order valence-corrected chi connectivity index (χ0v) is 13.8. The van der Waals surface area contributed by atoms with Crippen molar-refractivity contribution in [3.05, 3.63) is 40.9 Å². The van der Waals surface area contributed by atoms with Gasteiger partial charge in [-0.15, -0.1) is 11.3 Å². The highest BCUT2D eigenvalue weighted by molar-refractivity contribution is 7.15. The zero-order chi connectivity index (χ0) is 15.8. The number of fused-ring (bicyclic) bond motifs is 1. The molecule has 6 nitrogen and oxygen atoms in total. The van der Waals surface area contributed by atoms with Gasteiger partial charge in [0.25, 0.3) is 5.91 Å². The van der Waals surface area contributed by atoms with Crippen molar-refractivity contribution in [2.75, 3.05) is 0 Å². The molecule has 3 aromatic rings. The van der Waals surface area contributed by atoms with Crippen LogP contribution in [0.3, 0.4) is 0 Å². The van der Waals surface area contributed by atoms with E-state index in [0.717, 1.165) is 28.7 Å². The second-order valence-corrected chi connectivity index (χ2v) is 7.02. The number of hydrogen-bond donors (Lipinski definition) is 1. The van der Waals surface area contributed by atoms with E-state index in [-0.39, 0.29) is 5.91 Å². The lowest BCUT2D eigenvalue weighted by atomic mass is 9.85. The van der Waals surface area contributed by atoms with Gasteiger partial charge in [0.05, 0.1) is 11.9 Å². The maximum atomic E-state index is 12.5. The van der Waals surface area contributed by atoms with Crippen molar-refractivity contribution in [3.63, 3.8) is 0 Å². The molecule has 120 valence electrons. The second kappa shape index (κ2) is 5.81. The maximum absolute atomic E-state index is 12.5. The average molecular weight is 329 g/mol. The van der Waals surface area contributed by atoms with E-state index in [0.29, 0.717) is 12.2 Å². The molecule has 7 heteroatoms. The van der Waals surface area contributed by atoms with Crippen molar-refractivity contribution >= 4 is 22.2 Å². The molecular formula is C16H19N5OS. The Morgan fingerprint density at radius 2 is 2.35 bits per heavy atom. The van der Waals surface area contributed by atoms with Gasteiger partial charge in [0, 0.05) is 36.4 Å². The predicted molar refractivity (Wildman–Crippen MR) is 88.5 cm³/mol. The Hall–Kier alpha value is -2.15. The molecule has 1 fully saturated rings. The van der Waals surface area contributed by atoms with Crippen LogP contribution in [0, 0.1) is 12.8 Å². The number of hydrogen-bond acceptors (Lipinski definition) is 4. The van der Waals surface area contributed by atoms with Crippen molar-refractivity contribution < 1.29 is 4.79 Å². The van der Waals surface area contributed by atoms with Crippen LogP contribution in [0.5, 0.6) is 0 Å². The number of amides is 1. The lowest BCUT2D eigenvalue weighted by molar-refractivity contribution is 0.0944. The van der Waals surface area contributed by atoms with Crippen LogP contribution in [0.1, 0.15) is 41.0 Å². The summed E-state index contributed by atoms with van der Waals surface area (Å²) in [5.74, 6) is 0.679. The highest BCUT2D eigenvalue weighted by Gasteiger charge is 2.19. The average Bonchev–Trinajstić information content (AvgIpc) is 3.16. The van der Waals surface area contributed by atoms with Gasteiger partial charge in [0.1, 0.15) is 5.69 Å². The molecule has 0 saturated heterocycles. The number of imidazole rings is 1. The van der Waals surface area contributed by atoms with Gasteiger partial charge in [0.2, 0.25) is 0 Å². The fourth-order valence-corrected chi connectivity index (χ4v) is 3.73. The van der Waals surface area contributed by atoms with E-state index in [2.05, 4.69) is 15.4 Å². The van der Waals surface area contributed by atoms with E-state index < -0.39 is 0 Å². The molecule has 1 aliphatic carbocycles. The van der Waals surface area contributed by atoms with Gasteiger partial charge in [0.15, 0.2) is 4.96 Å². The van der Waals surface area contributed by atoms with Gasteiger partial charge in [-0.2, -0.15) is 5.10 Å². The smallest absolute Gasteiger partial charge is 0.270 e. The summed E-state index contributed by atoms with van der Waals surface area (Å²) >= 11 is 1.53. The van der Waals surface area contributed by atoms with Gasteiger partial charge in [-0.25, -0.2) is 4.98 Å². The van der Waals surface area contributed by atoms with E-state index in [1.54, 1.807) is 0 Å². The number of nitrogens with one attached hydrogen (secondary N) is 1. The van der Waals surface area contributed by atoms with E-state index in [1.165, 1.54) is 30.6 Å². The highest BCUT2D eigenvalue weighted by Crippen LogP contribution is 2.27. The molecule has 23 heavy (non-hydrogen) atoms. The first-order valence-corrected chi connectivity index (χ1v) is 8.80. The summed E-state index contributed by atoms with van der Waals surface area (Å²) in [6.45, 7) is 3.34. The monoisotopic (exact) mass is 329 g/mol. The summed E-state index contributed by atoms with van der Waals surface area (Å²) in [4.78, 5) is 17.7. The SMILES string of the molecule is Cc1nc2sccn2c1C(=O)NCc1cnn(CC2CCC2)c1. The third-order valence-electron chi connectivity index (χ3n) is 4.46. The highest BCUT2D eigenvalue weighted by atomic mass is 32.1. The minimum absolute atomic E-state index is 0.0971. The summed E-state index contributed by atoms with van der Waals surface area (Å²) < 4.78 is 3.84. The van der Waals surface area contributed by atoms with Crippen LogP contribution in [-0.4, -0.2) is 25.1 Å². The van der Waals surface area contributed by atoms with E-state index in [9.17, 15) is 4.79 Å². The molecule has 0 spiro atoms. The molecule has 3 aromatic heterocycles.